The maximum absolute atomic E-state index is 13.2. The molecule has 0 unspecified atom stereocenters. The Hall–Kier alpha value is -4.51. The molecule has 0 spiro atoms. The molecule has 0 saturated carbocycles. The Morgan fingerprint density at radius 2 is 1.60 bits per heavy atom. The van der Waals surface area contributed by atoms with Gasteiger partial charge >= 0.3 is 0 Å². The molecule has 0 aliphatic rings. The molecule has 0 aliphatic heterocycles. The first-order valence-electron chi connectivity index (χ1n) is 11.6. The molecule has 172 valence electrons. The Labute approximate surface area is 204 Å². The van der Waals surface area contributed by atoms with Gasteiger partial charge in [0.15, 0.2) is 0 Å². The number of hydrazone groups is 1. The lowest BCUT2D eigenvalue weighted by atomic mass is 10.0. The highest BCUT2D eigenvalue weighted by molar-refractivity contribution is 6.07. The monoisotopic (exact) mass is 458 g/mol. The van der Waals surface area contributed by atoms with E-state index < -0.39 is 0 Å². The van der Waals surface area contributed by atoms with Gasteiger partial charge in [0.2, 0.25) is 0 Å². The van der Waals surface area contributed by atoms with E-state index in [1.165, 1.54) is 5.56 Å². The van der Waals surface area contributed by atoms with Gasteiger partial charge in [-0.05, 0) is 51.1 Å². The summed E-state index contributed by atoms with van der Waals surface area (Å²) in [7, 11) is 0. The summed E-state index contributed by atoms with van der Waals surface area (Å²) in [5.41, 5.74) is 11.2. The number of aromatic nitrogens is 2. The fourth-order valence-corrected chi connectivity index (χ4v) is 4.35. The first kappa shape index (κ1) is 22.3. The highest BCUT2D eigenvalue weighted by Gasteiger charge is 2.14. The number of nitrogens with one attached hydrogen (secondary N) is 1. The van der Waals surface area contributed by atoms with E-state index in [1.54, 1.807) is 6.21 Å². The summed E-state index contributed by atoms with van der Waals surface area (Å²) in [6, 6.07) is 29.8. The van der Waals surface area contributed by atoms with Crippen molar-refractivity contribution >= 4 is 23.0 Å². The van der Waals surface area contributed by atoms with E-state index in [1.807, 2.05) is 60.7 Å². The number of pyridine rings is 1. The van der Waals surface area contributed by atoms with Crippen molar-refractivity contribution in [3.63, 3.8) is 0 Å². The molecule has 2 heterocycles. The molecule has 1 N–H and O–H groups in total. The summed E-state index contributed by atoms with van der Waals surface area (Å²) in [4.78, 5) is 17.9. The third-order valence-corrected chi connectivity index (χ3v) is 6.16. The van der Waals surface area contributed by atoms with Crippen LogP contribution in [0.15, 0.2) is 96.1 Å². The quantitative estimate of drug-likeness (QED) is 0.245. The summed E-state index contributed by atoms with van der Waals surface area (Å²) >= 11 is 0. The van der Waals surface area contributed by atoms with Crippen molar-refractivity contribution in [2.24, 2.45) is 5.10 Å². The van der Waals surface area contributed by atoms with Crippen molar-refractivity contribution < 1.29 is 4.79 Å². The maximum Gasteiger partial charge on any atom is 0.272 e. The van der Waals surface area contributed by atoms with E-state index in [0.29, 0.717) is 5.56 Å². The van der Waals surface area contributed by atoms with Crippen LogP contribution in [0, 0.1) is 20.8 Å². The molecule has 5 nitrogen and oxygen atoms in total. The molecule has 1 amide bonds. The molecular weight excluding hydrogens is 432 g/mol. The van der Waals surface area contributed by atoms with E-state index in [-0.39, 0.29) is 5.91 Å². The van der Waals surface area contributed by atoms with Gasteiger partial charge in [-0.25, -0.2) is 10.4 Å². The molecule has 2 aromatic heterocycles. The summed E-state index contributed by atoms with van der Waals surface area (Å²) in [6.45, 7) is 6.20. The van der Waals surface area contributed by atoms with Gasteiger partial charge in [0.25, 0.3) is 5.91 Å². The number of carbonyl (C=O) groups is 1. The lowest BCUT2D eigenvalue weighted by Gasteiger charge is -2.10. The molecule has 3 aromatic carbocycles. The number of nitrogens with zero attached hydrogens (tertiary/aromatic N) is 3. The first-order chi connectivity index (χ1) is 17.0. The minimum atomic E-state index is -0.274. The second kappa shape index (κ2) is 9.39. The number of rotatable bonds is 5. The minimum Gasteiger partial charge on any atom is -0.318 e. The third kappa shape index (κ3) is 4.49. The molecule has 0 atom stereocenters. The van der Waals surface area contributed by atoms with Gasteiger partial charge < -0.3 is 4.57 Å². The summed E-state index contributed by atoms with van der Waals surface area (Å²) < 4.78 is 2.19. The van der Waals surface area contributed by atoms with E-state index >= 15 is 0 Å². The number of amides is 1. The van der Waals surface area contributed by atoms with Crippen LogP contribution in [0.4, 0.5) is 0 Å². The predicted molar refractivity (Wildman–Crippen MR) is 142 cm³/mol. The zero-order valence-corrected chi connectivity index (χ0v) is 20.0. The van der Waals surface area contributed by atoms with Gasteiger partial charge in [0.05, 0.1) is 23.0 Å². The van der Waals surface area contributed by atoms with Crippen molar-refractivity contribution in [3.8, 4) is 16.9 Å². The largest absolute Gasteiger partial charge is 0.318 e. The summed E-state index contributed by atoms with van der Waals surface area (Å²) in [5, 5.41) is 5.08. The lowest BCUT2D eigenvalue weighted by Crippen LogP contribution is -2.18. The number of para-hydroxylation sites is 1. The maximum atomic E-state index is 13.2. The average molecular weight is 459 g/mol. The Kier molecular flexibility index (Phi) is 5.98. The molecule has 5 rings (SSSR count). The number of fused-ring (bicyclic) bond motifs is 1. The fourth-order valence-electron chi connectivity index (χ4n) is 4.35. The van der Waals surface area contributed by atoms with Gasteiger partial charge in [-0.1, -0.05) is 66.2 Å². The highest BCUT2D eigenvalue weighted by atomic mass is 16.2. The van der Waals surface area contributed by atoms with E-state index in [0.717, 1.165) is 44.8 Å². The smallest absolute Gasteiger partial charge is 0.272 e. The molecule has 35 heavy (non-hydrogen) atoms. The third-order valence-electron chi connectivity index (χ3n) is 6.16. The van der Waals surface area contributed by atoms with Crippen LogP contribution in [-0.4, -0.2) is 21.7 Å². The Balaban J connectivity index is 1.43. The van der Waals surface area contributed by atoms with Crippen LogP contribution in [0.1, 0.15) is 32.9 Å². The predicted octanol–water partition coefficient (Wildman–Crippen LogP) is 6.38. The normalized spacial score (nSPS) is 11.3. The van der Waals surface area contributed by atoms with Gasteiger partial charge in [0, 0.05) is 33.6 Å². The standard InChI is InChI=1S/C30H26N4O/c1-20-13-15-25(16-14-20)34-21(2)17-24(22(34)3)19-31-33-30(35)27-18-29(23-9-5-4-6-10-23)32-28-12-8-7-11-26(27)28/h4-19H,1-3H3,(H,33,35)/b31-19-. The second-order valence-electron chi connectivity index (χ2n) is 8.63. The molecule has 5 heteroatoms. The van der Waals surface area contributed by atoms with E-state index in [9.17, 15) is 4.79 Å². The van der Waals surface area contributed by atoms with Crippen molar-refractivity contribution in [1.82, 2.24) is 15.0 Å². The topological polar surface area (TPSA) is 59.3 Å². The zero-order valence-electron chi connectivity index (χ0n) is 20.0. The molecular formula is C30H26N4O. The fraction of sp³-hybridized carbons (Fsp3) is 0.100. The Morgan fingerprint density at radius 1 is 0.886 bits per heavy atom. The Bertz CT molecular complexity index is 1550. The molecule has 5 aromatic rings. The number of benzene rings is 3. The molecule has 0 saturated heterocycles. The highest BCUT2D eigenvalue weighted by Crippen LogP contribution is 2.25. The molecule has 0 bridgehead atoms. The van der Waals surface area contributed by atoms with Crippen molar-refractivity contribution in [2.45, 2.75) is 20.8 Å². The number of hydrogen-bond donors (Lipinski definition) is 1. The first-order valence-corrected chi connectivity index (χ1v) is 11.6. The molecule has 0 fully saturated rings. The van der Waals surface area contributed by atoms with E-state index in [2.05, 4.69) is 66.2 Å². The minimum absolute atomic E-state index is 0.274. The van der Waals surface area contributed by atoms with Crippen LogP contribution in [0.2, 0.25) is 0 Å². The molecule has 0 radical (unpaired) electrons. The van der Waals surface area contributed by atoms with Gasteiger partial charge in [-0.3, -0.25) is 4.79 Å². The SMILES string of the molecule is Cc1ccc(-n2c(C)cc(/C=N\NC(=O)c3cc(-c4ccccc4)nc4ccccc34)c2C)cc1. The van der Waals surface area contributed by atoms with Crippen LogP contribution >= 0.6 is 0 Å². The van der Waals surface area contributed by atoms with Crippen LogP contribution in [0.5, 0.6) is 0 Å². The second-order valence-corrected chi connectivity index (χ2v) is 8.63. The van der Waals surface area contributed by atoms with Crippen LogP contribution < -0.4 is 5.43 Å². The van der Waals surface area contributed by atoms with Gasteiger partial charge in [-0.2, -0.15) is 5.10 Å². The van der Waals surface area contributed by atoms with Gasteiger partial charge in [-0.15, -0.1) is 0 Å². The zero-order chi connectivity index (χ0) is 24.4. The van der Waals surface area contributed by atoms with Crippen LogP contribution in [-0.2, 0) is 0 Å². The summed E-state index contributed by atoms with van der Waals surface area (Å²) in [6.07, 6.45) is 1.70. The summed E-state index contributed by atoms with van der Waals surface area (Å²) in [5.74, 6) is -0.274. The van der Waals surface area contributed by atoms with Gasteiger partial charge in [0.1, 0.15) is 0 Å². The Morgan fingerprint density at radius 3 is 2.37 bits per heavy atom. The number of aryl methyl sites for hydroxylation is 2. The van der Waals surface area contributed by atoms with E-state index in [4.69, 9.17) is 4.98 Å². The van der Waals surface area contributed by atoms with Crippen molar-refractivity contribution in [3.05, 3.63) is 119 Å². The lowest BCUT2D eigenvalue weighted by molar-refractivity contribution is 0.0956. The van der Waals surface area contributed by atoms with Crippen LogP contribution in [0.3, 0.4) is 0 Å². The number of hydrogen-bond acceptors (Lipinski definition) is 3. The average Bonchev–Trinajstić information content (AvgIpc) is 3.17. The van der Waals surface area contributed by atoms with Crippen molar-refractivity contribution in [2.75, 3.05) is 0 Å². The van der Waals surface area contributed by atoms with Crippen LogP contribution in [0.25, 0.3) is 27.8 Å². The van der Waals surface area contributed by atoms with Crippen molar-refractivity contribution in [1.29, 1.82) is 0 Å². The molecule has 0 aliphatic carbocycles. The number of carbonyl (C=O) groups excluding carboxylic acids is 1.